The SMILES string of the molecule is Cc1nnc(S[C@@H](C)C(=O)Nc2ccccc2)n1C1CCCCC1. The summed E-state index contributed by atoms with van der Waals surface area (Å²) in [4.78, 5) is 12.4. The molecule has 1 heterocycles. The number of nitrogens with one attached hydrogen (secondary N) is 1. The van der Waals surface area contributed by atoms with Crippen LogP contribution in [0.25, 0.3) is 0 Å². The number of carbonyl (C=O) groups is 1. The van der Waals surface area contributed by atoms with Gasteiger partial charge in [0.25, 0.3) is 0 Å². The van der Waals surface area contributed by atoms with E-state index in [0.29, 0.717) is 6.04 Å². The summed E-state index contributed by atoms with van der Waals surface area (Å²) < 4.78 is 2.23. The number of rotatable bonds is 5. The molecule has 24 heavy (non-hydrogen) atoms. The summed E-state index contributed by atoms with van der Waals surface area (Å²) in [7, 11) is 0. The number of hydrogen-bond acceptors (Lipinski definition) is 4. The van der Waals surface area contributed by atoms with Crippen molar-refractivity contribution in [2.75, 3.05) is 5.32 Å². The molecule has 5 nitrogen and oxygen atoms in total. The molecule has 1 atom stereocenters. The molecule has 1 aliphatic rings. The first kappa shape index (κ1) is 17.0. The minimum Gasteiger partial charge on any atom is -0.325 e. The average molecular weight is 344 g/mol. The van der Waals surface area contributed by atoms with E-state index in [1.165, 1.54) is 43.9 Å². The van der Waals surface area contributed by atoms with Crippen LogP contribution in [0, 0.1) is 6.92 Å². The van der Waals surface area contributed by atoms with Gasteiger partial charge in [-0.1, -0.05) is 49.2 Å². The quantitative estimate of drug-likeness (QED) is 0.825. The Bertz CT molecular complexity index is 680. The minimum absolute atomic E-state index is 0.0120. The third kappa shape index (κ3) is 3.98. The standard InChI is InChI=1S/C18H24N4OS/c1-13(17(23)19-15-9-5-3-6-10-15)24-18-21-20-14(2)22(18)16-11-7-4-8-12-16/h3,5-6,9-10,13,16H,4,7-8,11-12H2,1-2H3,(H,19,23)/t13-/m0/s1. The Morgan fingerprint density at radius 2 is 1.92 bits per heavy atom. The van der Waals surface area contributed by atoms with Crippen LogP contribution in [-0.2, 0) is 4.79 Å². The average Bonchev–Trinajstić information content (AvgIpc) is 2.97. The molecule has 6 heteroatoms. The Hall–Kier alpha value is -1.82. The highest BCUT2D eigenvalue weighted by Crippen LogP contribution is 2.33. The number of anilines is 1. The van der Waals surface area contributed by atoms with E-state index in [4.69, 9.17) is 0 Å². The zero-order valence-electron chi connectivity index (χ0n) is 14.2. The molecular weight excluding hydrogens is 320 g/mol. The molecule has 0 saturated heterocycles. The summed E-state index contributed by atoms with van der Waals surface area (Å²) in [6.07, 6.45) is 6.19. The number of aryl methyl sites for hydroxylation is 1. The zero-order chi connectivity index (χ0) is 16.9. The summed E-state index contributed by atoms with van der Waals surface area (Å²) >= 11 is 1.49. The molecule has 1 amide bonds. The third-order valence-corrected chi connectivity index (χ3v) is 5.52. The van der Waals surface area contributed by atoms with Crippen molar-refractivity contribution in [2.24, 2.45) is 0 Å². The molecule has 1 aromatic heterocycles. The maximum absolute atomic E-state index is 12.4. The summed E-state index contributed by atoms with van der Waals surface area (Å²) in [5, 5.41) is 12.1. The number of amides is 1. The van der Waals surface area contributed by atoms with E-state index in [-0.39, 0.29) is 11.2 Å². The summed E-state index contributed by atoms with van der Waals surface area (Å²) in [6, 6.07) is 10.0. The highest BCUT2D eigenvalue weighted by Gasteiger charge is 2.24. The van der Waals surface area contributed by atoms with Crippen LogP contribution >= 0.6 is 11.8 Å². The van der Waals surface area contributed by atoms with Crippen LogP contribution in [0.15, 0.2) is 35.5 Å². The predicted octanol–water partition coefficient (Wildman–Crippen LogP) is 4.21. The second-order valence-electron chi connectivity index (χ2n) is 6.31. The lowest BCUT2D eigenvalue weighted by molar-refractivity contribution is -0.115. The van der Waals surface area contributed by atoms with Gasteiger partial charge in [-0.05, 0) is 38.8 Å². The number of benzene rings is 1. The topological polar surface area (TPSA) is 59.8 Å². The number of nitrogens with zero attached hydrogens (tertiary/aromatic N) is 3. The summed E-state index contributed by atoms with van der Waals surface area (Å²) in [5.41, 5.74) is 0.819. The van der Waals surface area contributed by atoms with E-state index in [9.17, 15) is 4.79 Å². The van der Waals surface area contributed by atoms with Gasteiger partial charge in [-0.2, -0.15) is 0 Å². The molecule has 0 unspecified atom stereocenters. The van der Waals surface area contributed by atoms with E-state index >= 15 is 0 Å². The van der Waals surface area contributed by atoms with Gasteiger partial charge in [0.15, 0.2) is 5.16 Å². The minimum atomic E-state index is -0.226. The first-order valence-electron chi connectivity index (χ1n) is 8.59. The second-order valence-corrected chi connectivity index (χ2v) is 7.61. The first-order chi connectivity index (χ1) is 11.6. The number of carbonyl (C=O) groups excluding carboxylic acids is 1. The molecule has 3 rings (SSSR count). The van der Waals surface area contributed by atoms with Gasteiger partial charge in [0.2, 0.25) is 5.91 Å². The van der Waals surface area contributed by atoms with E-state index < -0.39 is 0 Å². The van der Waals surface area contributed by atoms with Crippen molar-refractivity contribution in [3.05, 3.63) is 36.2 Å². The van der Waals surface area contributed by atoms with E-state index in [2.05, 4.69) is 20.1 Å². The summed E-state index contributed by atoms with van der Waals surface area (Å²) in [6.45, 7) is 3.92. The van der Waals surface area contributed by atoms with Crippen LogP contribution in [0.4, 0.5) is 5.69 Å². The normalized spacial score (nSPS) is 16.8. The second kappa shape index (κ2) is 7.83. The number of para-hydroxylation sites is 1. The van der Waals surface area contributed by atoms with Gasteiger partial charge in [0.1, 0.15) is 5.82 Å². The molecule has 1 N–H and O–H groups in total. The lowest BCUT2D eigenvalue weighted by atomic mass is 9.95. The number of thioether (sulfide) groups is 1. The smallest absolute Gasteiger partial charge is 0.237 e. The van der Waals surface area contributed by atoms with Crippen LogP contribution in [0.5, 0.6) is 0 Å². The van der Waals surface area contributed by atoms with Gasteiger partial charge < -0.3 is 9.88 Å². The summed E-state index contributed by atoms with van der Waals surface area (Å²) in [5.74, 6) is 0.933. The molecule has 1 aromatic carbocycles. The monoisotopic (exact) mass is 344 g/mol. The highest BCUT2D eigenvalue weighted by molar-refractivity contribution is 8.00. The zero-order valence-corrected chi connectivity index (χ0v) is 15.1. The van der Waals surface area contributed by atoms with Crippen LogP contribution in [0.2, 0.25) is 0 Å². The van der Waals surface area contributed by atoms with Crippen molar-refractivity contribution < 1.29 is 4.79 Å². The fraction of sp³-hybridized carbons (Fsp3) is 0.500. The van der Waals surface area contributed by atoms with Crippen LogP contribution in [-0.4, -0.2) is 25.9 Å². The lowest BCUT2D eigenvalue weighted by Crippen LogP contribution is -2.23. The van der Waals surface area contributed by atoms with Crippen molar-refractivity contribution in [3.8, 4) is 0 Å². The van der Waals surface area contributed by atoms with E-state index in [1.54, 1.807) is 0 Å². The molecule has 0 bridgehead atoms. The van der Waals surface area contributed by atoms with Crippen LogP contribution < -0.4 is 5.32 Å². The number of aromatic nitrogens is 3. The van der Waals surface area contributed by atoms with Gasteiger partial charge in [0.05, 0.1) is 5.25 Å². The van der Waals surface area contributed by atoms with E-state index in [0.717, 1.165) is 16.7 Å². The fourth-order valence-corrected chi connectivity index (χ4v) is 4.13. The Morgan fingerprint density at radius 3 is 2.62 bits per heavy atom. The van der Waals surface area contributed by atoms with Crippen molar-refractivity contribution in [1.82, 2.24) is 14.8 Å². The predicted molar refractivity (Wildman–Crippen MR) is 97.3 cm³/mol. The Labute approximate surface area is 147 Å². The molecule has 2 aromatic rings. The van der Waals surface area contributed by atoms with Crippen molar-refractivity contribution in [3.63, 3.8) is 0 Å². The molecule has 0 aliphatic heterocycles. The highest BCUT2D eigenvalue weighted by atomic mass is 32.2. The van der Waals surface area contributed by atoms with Gasteiger partial charge >= 0.3 is 0 Å². The molecule has 1 aliphatic carbocycles. The molecule has 128 valence electrons. The molecule has 1 saturated carbocycles. The Balaban J connectivity index is 1.68. The van der Waals surface area contributed by atoms with E-state index in [1.807, 2.05) is 44.2 Å². The maximum Gasteiger partial charge on any atom is 0.237 e. The van der Waals surface area contributed by atoms with Crippen LogP contribution in [0.1, 0.15) is 50.9 Å². The van der Waals surface area contributed by atoms with Gasteiger partial charge in [-0.3, -0.25) is 4.79 Å². The van der Waals surface area contributed by atoms with Gasteiger partial charge in [-0.25, -0.2) is 0 Å². The van der Waals surface area contributed by atoms with Crippen molar-refractivity contribution in [2.45, 2.75) is 62.4 Å². The maximum atomic E-state index is 12.4. The largest absolute Gasteiger partial charge is 0.325 e. The molecule has 1 fully saturated rings. The Morgan fingerprint density at radius 1 is 1.21 bits per heavy atom. The van der Waals surface area contributed by atoms with Crippen LogP contribution in [0.3, 0.4) is 0 Å². The first-order valence-corrected chi connectivity index (χ1v) is 9.47. The Kier molecular flexibility index (Phi) is 5.56. The van der Waals surface area contributed by atoms with Crippen molar-refractivity contribution in [1.29, 1.82) is 0 Å². The fourth-order valence-electron chi connectivity index (χ4n) is 3.17. The lowest BCUT2D eigenvalue weighted by Gasteiger charge is -2.25. The molecular formula is C18H24N4OS. The molecule has 0 spiro atoms. The third-order valence-electron chi connectivity index (χ3n) is 4.47. The molecule has 0 radical (unpaired) electrons. The van der Waals surface area contributed by atoms with Crippen molar-refractivity contribution >= 4 is 23.4 Å². The number of hydrogen-bond donors (Lipinski definition) is 1. The van der Waals surface area contributed by atoms with Gasteiger partial charge in [-0.15, -0.1) is 10.2 Å². The van der Waals surface area contributed by atoms with Gasteiger partial charge in [0, 0.05) is 11.7 Å².